The third kappa shape index (κ3) is 3.96. The molecule has 3 nitrogen and oxygen atoms in total. The predicted octanol–water partition coefficient (Wildman–Crippen LogP) is 2.79. The highest BCUT2D eigenvalue weighted by atomic mass is 19.4. The molecule has 1 heterocycles. The summed E-state index contributed by atoms with van der Waals surface area (Å²) in [7, 11) is 1.52. The molecule has 0 amide bonds. The summed E-state index contributed by atoms with van der Waals surface area (Å²) >= 11 is 0. The van der Waals surface area contributed by atoms with E-state index >= 15 is 0 Å². The van der Waals surface area contributed by atoms with Crippen molar-refractivity contribution in [3.63, 3.8) is 0 Å². The zero-order chi connectivity index (χ0) is 13.6. The number of rotatable bonds is 6. The van der Waals surface area contributed by atoms with Crippen LogP contribution in [-0.2, 0) is 10.9 Å². The van der Waals surface area contributed by atoms with Crippen molar-refractivity contribution in [1.29, 1.82) is 0 Å². The van der Waals surface area contributed by atoms with Crippen LogP contribution in [0.2, 0.25) is 0 Å². The van der Waals surface area contributed by atoms with E-state index in [-0.39, 0.29) is 5.56 Å². The minimum atomic E-state index is -4.36. The largest absolute Gasteiger partial charge is 0.416 e. The van der Waals surface area contributed by atoms with E-state index in [1.807, 2.05) is 6.92 Å². The van der Waals surface area contributed by atoms with Gasteiger partial charge in [-0.2, -0.15) is 13.2 Å². The third-order valence-corrected chi connectivity index (χ3v) is 2.59. The van der Waals surface area contributed by atoms with Crippen molar-refractivity contribution < 1.29 is 17.9 Å². The van der Waals surface area contributed by atoms with Crippen molar-refractivity contribution in [2.45, 2.75) is 25.6 Å². The van der Waals surface area contributed by atoms with Gasteiger partial charge < -0.3 is 10.1 Å². The average Bonchev–Trinajstić information content (AvgIpc) is 2.33. The number of alkyl halides is 3. The molecule has 0 aliphatic rings. The maximum absolute atomic E-state index is 12.9. The van der Waals surface area contributed by atoms with Crippen LogP contribution >= 0.6 is 0 Å². The Bertz CT molecular complexity index is 369. The van der Waals surface area contributed by atoms with Crippen LogP contribution in [0.5, 0.6) is 0 Å². The molecule has 0 spiro atoms. The first kappa shape index (κ1) is 14.9. The first-order chi connectivity index (χ1) is 8.50. The second kappa shape index (κ2) is 6.70. The molecule has 0 aliphatic heterocycles. The van der Waals surface area contributed by atoms with Gasteiger partial charge in [0.2, 0.25) is 0 Å². The molecular formula is C12H17F3N2O. The smallest absolute Gasteiger partial charge is 0.385 e. The van der Waals surface area contributed by atoms with Gasteiger partial charge in [-0.3, -0.25) is 4.98 Å². The van der Waals surface area contributed by atoms with Crippen LogP contribution < -0.4 is 5.32 Å². The van der Waals surface area contributed by atoms with Gasteiger partial charge in [0.1, 0.15) is 0 Å². The lowest BCUT2D eigenvalue weighted by Gasteiger charge is -2.21. The molecule has 1 atom stereocenters. The summed E-state index contributed by atoms with van der Waals surface area (Å²) in [4.78, 5) is 3.79. The molecule has 102 valence electrons. The number of nitrogens with one attached hydrogen (secondary N) is 1. The number of methoxy groups -OCH3 is 1. The molecule has 6 heteroatoms. The summed E-state index contributed by atoms with van der Waals surface area (Å²) in [5.74, 6) is 0. The lowest BCUT2D eigenvalue weighted by Crippen LogP contribution is -2.25. The Morgan fingerprint density at radius 3 is 2.72 bits per heavy atom. The fraction of sp³-hybridized carbons (Fsp3) is 0.583. The van der Waals surface area contributed by atoms with Gasteiger partial charge in [0.05, 0.1) is 5.56 Å². The lowest BCUT2D eigenvalue weighted by molar-refractivity contribution is -0.138. The van der Waals surface area contributed by atoms with Gasteiger partial charge in [-0.05, 0) is 24.6 Å². The molecule has 0 radical (unpaired) electrons. The Morgan fingerprint density at radius 2 is 2.17 bits per heavy atom. The Kier molecular flexibility index (Phi) is 5.55. The Hall–Kier alpha value is -1.14. The molecule has 1 unspecified atom stereocenters. The molecule has 0 fully saturated rings. The quantitative estimate of drug-likeness (QED) is 0.856. The van der Waals surface area contributed by atoms with Crippen molar-refractivity contribution in [3.05, 3.63) is 29.6 Å². The topological polar surface area (TPSA) is 34.1 Å². The van der Waals surface area contributed by atoms with Crippen LogP contribution in [0.3, 0.4) is 0 Å². The predicted molar refractivity (Wildman–Crippen MR) is 62.1 cm³/mol. The molecular weight excluding hydrogens is 245 g/mol. The highest BCUT2D eigenvalue weighted by Crippen LogP contribution is 2.34. The Labute approximate surface area is 104 Å². The molecule has 1 aromatic rings. The molecule has 1 N–H and O–H groups in total. The molecule has 0 saturated heterocycles. The van der Waals surface area contributed by atoms with E-state index in [0.717, 1.165) is 12.3 Å². The van der Waals surface area contributed by atoms with Gasteiger partial charge in [-0.15, -0.1) is 0 Å². The monoisotopic (exact) mass is 262 g/mol. The van der Waals surface area contributed by atoms with E-state index < -0.39 is 17.8 Å². The summed E-state index contributed by atoms with van der Waals surface area (Å²) in [6.07, 6.45) is -1.46. The van der Waals surface area contributed by atoms with Crippen LogP contribution in [-0.4, -0.2) is 25.2 Å². The normalized spacial score (nSPS) is 13.6. The van der Waals surface area contributed by atoms with Crippen LogP contribution in [0, 0.1) is 0 Å². The number of nitrogens with zero attached hydrogens (tertiary/aromatic N) is 1. The van der Waals surface area contributed by atoms with E-state index in [1.165, 1.54) is 13.3 Å². The van der Waals surface area contributed by atoms with E-state index in [0.29, 0.717) is 19.6 Å². The second-order valence-corrected chi connectivity index (χ2v) is 3.85. The average molecular weight is 262 g/mol. The number of hydrogen-bond donors (Lipinski definition) is 1. The van der Waals surface area contributed by atoms with Crippen LogP contribution in [0.1, 0.15) is 30.5 Å². The lowest BCUT2D eigenvalue weighted by atomic mass is 10.00. The number of aromatic nitrogens is 1. The molecule has 0 aliphatic carbocycles. The van der Waals surface area contributed by atoms with Gasteiger partial charge in [0, 0.05) is 32.2 Å². The summed E-state index contributed by atoms with van der Waals surface area (Å²) in [5.41, 5.74) is -0.469. The second-order valence-electron chi connectivity index (χ2n) is 3.85. The zero-order valence-electron chi connectivity index (χ0n) is 10.4. The number of pyridine rings is 1. The van der Waals surface area contributed by atoms with Gasteiger partial charge >= 0.3 is 6.18 Å². The first-order valence-electron chi connectivity index (χ1n) is 5.74. The number of halogens is 3. The van der Waals surface area contributed by atoms with E-state index in [9.17, 15) is 13.2 Å². The van der Waals surface area contributed by atoms with Crippen molar-refractivity contribution in [2.24, 2.45) is 0 Å². The molecule has 0 bridgehead atoms. The minimum Gasteiger partial charge on any atom is -0.385 e. The summed E-state index contributed by atoms with van der Waals surface area (Å²) in [6.45, 7) is 2.83. The van der Waals surface area contributed by atoms with Gasteiger partial charge in [-0.25, -0.2) is 0 Å². The highest BCUT2D eigenvalue weighted by molar-refractivity contribution is 5.29. The van der Waals surface area contributed by atoms with Crippen molar-refractivity contribution >= 4 is 0 Å². The fourth-order valence-electron chi connectivity index (χ4n) is 1.79. The minimum absolute atomic E-state index is 0.170. The van der Waals surface area contributed by atoms with E-state index in [2.05, 4.69) is 10.3 Å². The SMILES string of the molecule is CCNC(CCOC)c1cnccc1C(F)(F)F. The molecule has 0 aromatic carbocycles. The molecule has 18 heavy (non-hydrogen) atoms. The summed E-state index contributed by atoms with van der Waals surface area (Å²) in [5, 5.41) is 3.03. The number of ether oxygens (including phenoxy) is 1. The van der Waals surface area contributed by atoms with Gasteiger partial charge in [0.25, 0.3) is 0 Å². The summed E-state index contributed by atoms with van der Waals surface area (Å²) in [6, 6.07) is 0.604. The molecule has 1 aromatic heterocycles. The summed E-state index contributed by atoms with van der Waals surface area (Å²) < 4.78 is 43.6. The van der Waals surface area contributed by atoms with Gasteiger partial charge in [0.15, 0.2) is 0 Å². The zero-order valence-corrected chi connectivity index (χ0v) is 10.4. The third-order valence-electron chi connectivity index (χ3n) is 2.59. The first-order valence-corrected chi connectivity index (χ1v) is 5.74. The molecule has 0 saturated carbocycles. The van der Waals surface area contributed by atoms with E-state index in [4.69, 9.17) is 4.74 Å². The van der Waals surface area contributed by atoms with Crippen molar-refractivity contribution in [1.82, 2.24) is 10.3 Å². The van der Waals surface area contributed by atoms with Crippen LogP contribution in [0.4, 0.5) is 13.2 Å². The van der Waals surface area contributed by atoms with Crippen molar-refractivity contribution in [3.8, 4) is 0 Å². The Morgan fingerprint density at radius 1 is 1.44 bits per heavy atom. The van der Waals surface area contributed by atoms with Gasteiger partial charge in [-0.1, -0.05) is 6.92 Å². The molecule has 1 rings (SSSR count). The van der Waals surface area contributed by atoms with Crippen molar-refractivity contribution in [2.75, 3.05) is 20.3 Å². The standard InChI is InChI=1S/C12H17F3N2O/c1-3-17-11(5-7-18-2)9-8-16-6-4-10(9)12(13,14)15/h4,6,8,11,17H,3,5,7H2,1-2H3. The fourth-order valence-corrected chi connectivity index (χ4v) is 1.79. The van der Waals surface area contributed by atoms with Crippen LogP contribution in [0.15, 0.2) is 18.5 Å². The highest BCUT2D eigenvalue weighted by Gasteiger charge is 2.35. The Balaban J connectivity index is 3.03. The maximum Gasteiger partial charge on any atom is 0.416 e. The number of hydrogen-bond acceptors (Lipinski definition) is 3. The van der Waals surface area contributed by atoms with Crippen LogP contribution in [0.25, 0.3) is 0 Å². The van der Waals surface area contributed by atoms with E-state index in [1.54, 1.807) is 0 Å². The maximum atomic E-state index is 12.9.